The number of carbonyl (C=O) groups excluding carboxylic acids is 2. The van der Waals surface area contributed by atoms with E-state index in [1.807, 2.05) is 32.0 Å². The normalized spacial score (nSPS) is 14.6. The number of nitrogens with zero attached hydrogens (tertiary/aromatic N) is 2. The van der Waals surface area contributed by atoms with Crippen LogP contribution in [0.4, 0.5) is 5.69 Å². The van der Waals surface area contributed by atoms with E-state index in [1.54, 1.807) is 38.3 Å². The summed E-state index contributed by atoms with van der Waals surface area (Å²) in [5.41, 5.74) is 6.61. The Morgan fingerprint density at radius 3 is 2.22 bits per heavy atom. The molecule has 1 amide bonds. The topological polar surface area (TPSA) is 70.0 Å². The van der Waals surface area contributed by atoms with Crippen molar-refractivity contribution < 1.29 is 23.8 Å². The largest absolute Gasteiger partial charge is 0.493 e. The fourth-order valence-electron chi connectivity index (χ4n) is 4.73. The molecule has 0 radical (unpaired) electrons. The molecule has 3 aromatic rings. The first-order valence-electron chi connectivity index (χ1n) is 11.6. The van der Waals surface area contributed by atoms with Crippen LogP contribution in [0.5, 0.6) is 11.5 Å². The van der Waals surface area contributed by atoms with Crippen molar-refractivity contribution in [2.45, 2.75) is 27.7 Å². The van der Waals surface area contributed by atoms with Gasteiger partial charge in [-0.05, 0) is 69.2 Å². The Morgan fingerprint density at radius 1 is 0.889 bits per heavy atom. The van der Waals surface area contributed by atoms with Crippen LogP contribution < -0.4 is 14.4 Å². The highest BCUT2D eigenvalue weighted by atomic mass is 16.5. The first-order valence-corrected chi connectivity index (χ1v) is 11.6. The van der Waals surface area contributed by atoms with E-state index in [-0.39, 0.29) is 17.1 Å². The van der Waals surface area contributed by atoms with Crippen LogP contribution in [0, 0.1) is 20.8 Å². The number of esters is 1. The predicted octanol–water partition coefficient (Wildman–Crippen LogP) is 5.30. The highest BCUT2D eigenvalue weighted by Gasteiger charge is 2.38. The van der Waals surface area contributed by atoms with E-state index in [0.29, 0.717) is 22.9 Å². The molecule has 1 aromatic heterocycles. The standard InChI is InChI=1S/C29H30N2O5/c1-17-10-8-9-11-24(17)30-18(2)14-21(19(30)3)15-23-27(29(33)36-7)20(4)31(28(23)32)22-12-13-25(34-5)26(16-22)35-6/h8-16H,1-7H3. The van der Waals surface area contributed by atoms with E-state index in [0.717, 1.165) is 28.2 Å². The lowest BCUT2D eigenvalue weighted by molar-refractivity contribution is -0.136. The third-order valence-electron chi connectivity index (χ3n) is 6.54. The van der Waals surface area contributed by atoms with Gasteiger partial charge in [0, 0.05) is 28.8 Å². The minimum absolute atomic E-state index is 0.234. The van der Waals surface area contributed by atoms with Gasteiger partial charge in [-0.15, -0.1) is 0 Å². The zero-order valence-corrected chi connectivity index (χ0v) is 21.6. The van der Waals surface area contributed by atoms with Crippen molar-refractivity contribution in [3.05, 3.63) is 87.9 Å². The smallest absolute Gasteiger partial charge is 0.340 e. The quantitative estimate of drug-likeness (QED) is 0.349. The van der Waals surface area contributed by atoms with Crippen LogP contribution >= 0.6 is 0 Å². The minimum atomic E-state index is -0.567. The second-order valence-corrected chi connectivity index (χ2v) is 8.64. The van der Waals surface area contributed by atoms with Crippen LogP contribution in [0.1, 0.15) is 29.4 Å². The van der Waals surface area contributed by atoms with E-state index < -0.39 is 5.97 Å². The maximum Gasteiger partial charge on any atom is 0.340 e. The van der Waals surface area contributed by atoms with Crippen LogP contribution in [0.3, 0.4) is 0 Å². The number of aryl methyl sites for hydroxylation is 2. The van der Waals surface area contributed by atoms with Crippen LogP contribution in [0.15, 0.2) is 65.4 Å². The second kappa shape index (κ2) is 9.77. The lowest BCUT2D eigenvalue weighted by Crippen LogP contribution is -2.24. The SMILES string of the molecule is COC(=O)C1=C(C)N(c2ccc(OC)c(OC)c2)C(=O)C1=Cc1cc(C)n(-c2ccccc2C)c1C. The van der Waals surface area contributed by atoms with Gasteiger partial charge in [-0.3, -0.25) is 9.69 Å². The molecular weight excluding hydrogens is 456 g/mol. The highest BCUT2D eigenvalue weighted by molar-refractivity contribution is 6.24. The third kappa shape index (κ3) is 4.06. The van der Waals surface area contributed by atoms with Gasteiger partial charge in [0.05, 0.1) is 38.2 Å². The van der Waals surface area contributed by atoms with Gasteiger partial charge in [-0.1, -0.05) is 18.2 Å². The summed E-state index contributed by atoms with van der Waals surface area (Å²) in [5, 5.41) is 0. The number of aromatic nitrogens is 1. The molecule has 0 aliphatic carbocycles. The number of ether oxygens (including phenoxy) is 3. The van der Waals surface area contributed by atoms with Gasteiger partial charge in [0.1, 0.15) is 0 Å². The molecule has 0 fully saturated rings. The lowest BCUT2D eigenvalue weighted by Gasteiger charge is -2.19. The number of anilines is 1. The summed E-state index contributed by atoms with van der Waals surface area (Å²) in [6.07, 6.45) is 1.77. The molecule has 7 heteroatoms. The van der Waals surface area contributed by atoms with Gasteiger partial charge in [-0.25, -0.2) is 4.79 Å². The molecule has 186 valence electrons. The van der Waals surface area contributed by atoms with Gasteiger partial charge < -0.3 is 18.8 Å². The van der Waals surface area contributed by atoms with E-state index in [2.05, 4.69) is 23.6 Å². The fourth-order valence-corrected chi connectivity index (χ4v) is 4.73. The van der Waals surface area contributed by atoms with Crippen LogP contribution in [0.25, 0.3) is 11.8 Å². The Morgan fingerprint density at radius 2 is 1.58 bits per heavy atom. The van der Waals surface area contributed by atoms with E-state index >= 15 is 0 Å². The Bertz CT molecular complexity index is 1430. The average Bonchev–Trinajstić information content (AvgIpc) is 3.29. The summed E-state index contributed by atoms with van der Waals surface area (Å²) in [6.45, 7) is 7.83. The van der Waals surface area contributed by atoms with E-state index in [4.69, 9.17) is 14.2 Å². The molecule has 0 spiro atoms. The summed E-state index contributed by atoms with van der Waals surface area (Å²) in [6, 6.07) is 15.3. The van der Waals surface area contributed by atoms with Crippen LogP contribution in [-0.2, 0) is 14.3 Å². The molecule has 1 aliphatic heterocycles. The summed E-state index contributed by atoms with van der Waals surface area (Å²) in [7, 11) is 4.40. The minimum Gasteiger partial charge on any atom is -0.493 e. The molecule has 2 aromatic carbocycles. The summed E-state index contributed by atoms with van der Waals surface area (Å²) >= 11 is 0. The Hall–Kier alpha value is -4.26. The van der Waals surface area contributed by atoms with Gasteiger partial charge in [0.2, 0.25) is 0 Å². The zero-order chi connectivity index (χ0) is 26.1. The fraction of sp³-hybridized carbons (Fsp3) is 0.241. The molecule has 0 unspecified atom stereocenters. The molecule has 1 aliphatic rings. The Kier molecular flexibility index (Phi) is 6.75. The van der Waals surface area contributed by atoms with Crippen LogP contribution in [-0.4, -0.2) is 37.8 Å². The molecule has 4 rings (SSSR count). The number of hydrogen-bond acceptors (Lipinski definition) is 5. The third-order valence-corrected chi connectivity index (χ3v) is 6.54. The lowest BCUT2D eigenvalue weighted by atomic mass is 10.0. The molecule has 0 saturated heterocycles. The zero-order valence-electron chi connectivity index (χ0n) is 21.6. The predicted molar refractivity (Wildman–Crippen MR) is 140 cm³/mol. The van der Waals surface area contributed by atoms with E-state index in [1.165, 1.54) is 19.1 Å². The van der Waals surface area contributed by atoms with Gasteiger partial charge in [-0.2, -0.15) is 0 Å². The average molecular weight is 487 g/mol. The number of hydrogen-bond donors (Lipinski definition) is 0. The van der Waals surface area contributed by atoms with Crippen molar-refractivity contribution in [1.82, 2.24) is 4.57 Å². The Balaban J connectivity index is 1.86. The number of allylic oxidation sites excluding steroid dienone is 1. The van der Waals surface area contributed by atoms with Crippen molar-refractivity contribution in [2.75, 3.05) is 26.2 Å². The summed E-state index contributed by atoms with van der Waals surface area (Å²) in [5.74, 6) is 0.139. The van der Waals surface area contributed by atoms with Crippen LogP contribution in [0.2, 0.25) is 0 Å². The van der Waals surface area contributed by atoms with Crippen molar-refractivity contribution >= 4 is 23.6 Å². The first-order chi connectivity index (χ1) is 17.2. The molecule has 0 bridgehead atoms. The maximum atomic E-state index is 13.8. The number of rotatable bonds is 6. The monoisotopic (exact) mass is 486 g/mol. The first kappa shape index (κ1) is 24.9. The molecule has 36 heavy (non-hydrogen) atoms. The molecule has 2 heterocycles. The van der Waals surface area contributed by atoms with Crippen molar-refractivity contribution in [3.8, 4) is 17.2 Å². The number of benzene rings is 2. The Labute approximate surface area is 211 Å². The molecular formula is C29H30N2O5. The number of para-hydroxylation sites is 1. The van der Waals surface area contributed by atoms with Gasteiger partial charge in [0.25, 0.3) is 5.91 Å². The summed E-state index contributed by atoms with van der Waals surface area (Å²) in [4.78, 5) is 28.1. The van der Waals surface area contributed by atoms with E-state index in [9.17, 15) is 9.59 Å². The molecule has 0 N–H and O–H groups in total. The maximum absolute atomic E-state index is 13.8. The van der Waals surface area contributed by atoms with Gasteiger partial charge in [0.15, 0.2) is 11.5 Å². The summed E-state index contributed by atoms with van der Waals surface area (Å²) < 4.78 is 18.0. The van der Waals surface area contributed by atoms with Gasteiger partial charge >= 0.3 is 5.97 Å². The molecule has 7 nitrogen and oxygen atoms in total. The molecule has 0 saturated carbocycles. The highest BCUT2D eigenvalue weighted by Crippen LogP contribution is 2.39. The van der Waals surface area contributed by atoms with Crippen molar-refractivity contribution in [2.24, 2.45) is 0 Å². The number of methoxy groups -OCH3 is 3. The second-order valence-electron chi connectivity index (χ2n) is 8.64. The number of carbonyl (C=O) groups is 2. The molecule has 0 atom stereocenters. The van der Waals surface area contributed by atoms with Crippen molar-refractivity contribution in [3.63, 3.8) is 0 Å². The number of amides is 1. The van der Waals surface area contributed by atoms with Crippen molar-refractivity contribution in [1.29, 1.82) is 0 Å².